The summed E-state index contributed by atoms with van der Waals surface area (Å²) in [5.74, 6) is -3.86. The van der Waals surface area contributed by atoms with Crippen LogP contribution in [0.2, 0.25) is 0 Å². The van der Waals surface area contributed by atoms with Gasteiger partial charge in [-0.25, -0.2) is 18.8 Å². The molecule has 1 saturated heterocycles. The van der Waals surface area contributed by atoms with Gasteiger partial charge < -0.3 is 14.9 Å². The molecule has 1 aliphatic rings. The fourth-order valence-electron chi connectivity index (χ4n) is 3.83. The number of anilines is 1. The molecule has 9 heteroatoms. The van der Waals surface area contributed by atoms with Crippen LogP contribution in [0.15, 0.2) is 78.9 Å². The van der Waals surface area contributed by atoms with E-state index < -0.39 is 18.0 Å². The molecule has 3 aromatic rings. The zero-order valence-electron chi connectivity index (χ0n) is 19.5. The Bertz CT molecular complexity index is 1170. The van der Waals surface area contributed by atoms with Crippen molar-refractivity contribution in [2.45, 2.75) is 25.5 Å². The lowest BCUT2D eigenvalue weighted by molar-refractivity contribution is -0.159. The summed E-state index contributed by atoms with van der Waals surface area (Å²) >= 11 is 0. The minimum absolute atomic E-state index is 0.113. The van der Waals surface area contributed by atoms with Crippen LogP contribution >= 0.6 is 0 Å². The number of benzene rings is 3. The third kappa shape index (κ3) is 8.21. The number of hydrogen-bond acceptors (Lipinski definition) is 5. The van der Waals surface area contributed by atoms with Crippen molar-refractivity contribution >= 4 is 23.7 Å². The van der Waals surface area contributed by atoms with Crippen LogP contribution in [0.1, 0.15) is 18.4 Å². The van der Waals surface area contributed by atoms with Gasteiger partial charge in [0, 0.05) is 25.2 Å². The minimum atomic E-state index is -1.82. The van der Waals surface area contributed by atoms with Crippen molar-refractivity contribution in [2.75, 3.05) is 18.4 Å². The van der Waals surface area contributed by atoms with Crippen molar-refractivity contribution in [3.05, 3.63) is 90.2 Å². The lowest BCUT2D eigenvalue weighted by Crippen LogP contribution is -2.38. The number of ether oxygens (including phenoxy) is 1. The maximum absolute atomic E-state index is 13.4. The molecule has 8 nitrogen and oxygen atoms in total. The van der Waals surface area contributed by atoms with Gasteiger partial charge in [0.15, 0.2) is 0 Å². The van der Waals surface area contributed by atoms with Crippen LogP contribution < -0.4 is 5.32 Å². The Hall–Kier alpha value is -4.24. The van der Waals surface area contributed by atoms with Crippen LogP contribution in [0.3, 0.4) is 0 Å². The van der Waals surface area contributed by atoms with Crippen molar-refractivity contribution in [1.29, 1.82) is 0 Å². The van der Waals surface area contributed by atoms with Crippen LogP contribution in [0.4, 0.5) is 14.9 Å². The second-order valence-electron chi connectivity index (χ2n) is 8.16. The van der Waals surface area contributed by atoms with Gasteiger partial charge in [-0.1, -0.05) is 60.7 Å². The highest BCUT2D eigenvalue weighted by atomic mass is 19.1. The molecule has 4 rings (SSSR count). The number of para-hydroxylation sites is 1. The number of carbonyl (C=O) groups is 3. The molecule has 3 aromatic carbocycles. The fraction of sp³-hybridized carbons (Fsp3) is 0.222. The first kappa shape index (κ1) is 26.4. The first-order valence-electron chi connectivity index (χ1n) is 11.4. The number of amides is 1. The Morgan fingerprint density at radius 1 is 0.889 bits per heavy atom. The Labute approximate surface area is 207 Å². The van der Waals surface area contributed by atoms with E-state index in [1.807, 2.05) is 60.7 Å². The Balaban J connectivity index is 0.000000538. The molecule has 1 heterocycles. The molecule has 0 spiro atoms. The zero-order valence-corrected chi connectivity index (χ0v) is 19.5. The SMILES string of the molecule is O=C(Nc1ccccc1-c1ccccc1)OC1CCN(Cc2cccc(F)c2)CC1.O=C(O)C(=O)O. The van der Waals surface area contributed by atoms with Crippen molar-refractivity contribution in [3.63, 3.8) is 0 Å². The maximum Gasteiger partial charge on any atom is 0.414 e. The van der Waals surface area contributed by atoms with E-state index in [4.69, 9.17) is 24.5 Å². The summed E-state index contributed by atoms with van der Waals surface area (Å²) in [6.45, 7) is 2.34. The molecular weight excluding hydrogens is 467 g/mol. The van der Waals surface area contributed by atoms with E-state index in [0.29, 0.717) is 6.54 Å². The number of aliphatic carboxylic acids is 2. The third-order valence-corrected chi connectivity index (χ3v) is 5.54. The fourth-order valence-corrected chi connectivity index (χ4v) is 3.83. The summed E-state index contributed by atoms with van der Waals surface area (Å²) < 4.78 is 19.0. The number of piperidine rings is 1. The van der Waals surface area contributed by atoms with E-state index in [2.05, 4.69) is 10.2 Å². The quantitative estimate of drug-likeness (QED) is 0.434. The molecule has 1 fully saturated rings. The second kappa shape index (κ2) is 13.0. The number of rotatable bonds is 5. The number of likely N-dealkylation sites (tertiary alicyclic amines) is 1. The molecule has 0 unspecified atom stereocenters. The van der Waals surface area contributed by atoms with Gasteiger partial charge in [0.2, 0.25) is 0 Å². The van der Waals surface area contributed by atoms with Crippen molar-refractivity contribution in [2.24, 2.45) is 0 Å². The number of carboxylic acid groups (broad SMARTS) is 2. The third-order valence-electron chi connectivity index (χ3n) is 5.54. The molecule has 0 aromatic heterocycles. The highest BCUT2D eigenvalue weighted by molar-refractivity contribution is 6.27. The normalized spacial score (nSPS) is 13.7. The van der Waals surface area contributed by atoms with Crippen LogP contribution in [-0.4, -0.2) is 52.3 Å². The second-order valence-corrected chi connectivity index (χ2v) is 8.16. The predicted octanol–water partition coefficient (Wildman–Crippen LogP) is 4.86. The van der Waals surface area contributed by atoms with Gasteiger partial charge in [-0.15, -0.1) is 0 Å². The lowest BCUT2D eigenvalue weighted by atomic mass is 10.0. The molecule has 1 amide bonds. The zero-order chi connectivity index (χ0) is 25.9. The van der Waals surface area contributed by atoms with Gasteiger partial charge in [0.25, 0.3) is 0 Å². The molecule has 0 atom stereocenters. The lowest BCUT2D eigenvalue weighted by Gasteiger charge is -2.31. The van der Waals surface area contributed by atoms with E-state index in [9.17, 15) is 9.18 Å². The summed E-state index contributed by atoms with van der Waals surface area (Å²) in [4.78, 5) is 32.9. The summed E-state index contributed by atoms with van der Waals surface area (Å²) in [5, 5.41) is 17.7. The topological polar surface area (TPSA) is 116 Å². The highest BCUT2D eigenvalue weighted by Gasteiger charge is 2.23. The van der Waals surface area contributed by atoms with Crippen molar-refractivity contribution < 1.29 is 33.7 Å². The maximum atomic E-state index is 13.4. The molecule has 36 heavy (non-hydrogen) atoms. The van der Waals surface area contributed by atoms with Crippen LogP contribution in [-0.2, 0) is 20.9 Å². The number of hydrogen-bond donors (Lipinski definition) is 3. The molecule has 188 valence electrons. The van der Waals surface area contributed by atoms with Gasteiger partial charge in [-0.3, -0.25) is 10.2 Å². The Morgan fingerprint density at radius 3 is 2.17 bits per heavy atom. The Kier molecular flexibility index (Phi) is 9.53. The predicted molar refractivity (Wildman–Crippen MR) is 132 cm³/mol. The summed E-state index contributed by atoms with van der Waals surface area (Å²) in [6.07, 6.45) is 0.992. The largest absolute Gasteiger partial charge is 0.473 e. The molecule has 0 saturated carbocycles. The average Bonchev–Trinajstić information content (AvgIpc) is 2.86. The summed E-state index contributed by atoms with van der Waals surface area (Å²) in [6, 6.07) is 24.3. The summed E-state index contributed by atoms with van der Waals surface area (Å²) in [7, 11) is 0. The van der Waals surface area contributed by atoms with Gasteiger partial charge in [0.05, 0.1) is 5.69 Å². The molecule has 0 aliphatic carbocycles. The molecule has 0 bridgehead atoms. The van der Waals surface area contributed by atoms with Gasteiger partial charge in [0.1, 0.15) is 11.9 Å². The van der Waals surface area contributed by atoms with E-state index in [0.717, 1.165) is 48.3 Å². The monoisotopic (exact) mass is 494 g/mol. The number of nitrogens with zero attached hydrogens (tertiary/aromatic N) is 1. The van der Waals surface area contributed by atoms with Gasteiger partial charge in [-0.05, 0) is 42.2 Å². The number of nitrogens with one attached hydrogen (secondary N) is 1. The Morgan fingerprint density at radius 2 is 1.53 bits per heavy atom. The van der Waals surface area contributed by atoms with Crippen molar-refractivity contribution in [3.8, 4) is 11.1 Å². The van der Waals surface area contributed by atoms with E-state index in [-0.39, 0.29) is 11.9 Å². The van der Waals surface area contributed by atoms with Crippen LogP contribution in [0.25, 0.3) is 11.1 Å². The first-order chi connectivity index (χ1) is 17.3. The van der Waals surface area contributed by atoms with E-state index >= 15 is 0 Å². The molecule has 1 aliphatic heterocycles. The molecule has 3 N–H and O–H groups in total. The van der Waals surface area contributed by atoms with Crippen LogP contribution in [0, 0.1) is 5.82 Å². The average molecular weight is 495 g/mol. The van der Waals surface area contributed by atoms with Gasteiger partial charge >= 0.3 is 18.0 Å². The first-order valence-corrected chi connectivity index (χ1v) is 11.4. The van der Waals surface area contributed by atoms with Gasteiger partial charge in [-0.2, -0.15) is 0 Å². The van der Waals surface area contributed by atoms with Crippen molar-refractivity contribution in [1.82, 2.24) is 4.90 Å². The number of carbonyl (C=O) groups excluding carboxylic acids is 1. The van der Waals surface area contributed by atoms with E-state index in [1.54, 1.807) is 12.1 Å². The molecular formula is C27H27FN2O6. The smallest absolute Gasteiger partial charge is 0.414 e. The summed E-state index contributed by atoms with van der Waals surface area (Å²) in [5.41, 5.74) is 3.70. The minimum Gasteiger partial charge on any atom is -0.473 e. The standard InChI is InChI=1S/C25H25FN2O2.C2H2O4/c26-21-10-6-7-19(17-21)18-28-15-13-22(14-16-28)30-25(29)27-24-12-5-4-11-23(24)20-8-2-1-3-9-20;3-1(4)2(5)6/h1-12,17,22H,13-16,18H2,(H,27,29);(H,3,4)(H,5,6). The van der Waals surface area contributed by atoms with E-state index in [1.165, 1.54) is 6.07 Å². The highest BCUT2D eigenvalue weighted by Crippen LogP contribution is 2.28. The molecule has 0 radical (unpaired) electrons. The number of halogens is 1. The van der Waals surface area contributed by atoms with Crippen LogP contribution in [0.5, 0.6) is 0 Å². The number of carboxylic acids is 2.